The summed E-state index contributed by atoms with van der Waals surface area (Å²) in [5.74, 6) is -0.640. The second-order valence-electron chi connectivity index (χ2n) is 7.53. The summed E-state index contributed by atoms with van der Waals surface area (Å²) in [6.07, 6.45) is 0.524. The molecule has 0 spiro atoms. The van der Waals surface area contributed by atoms with Gasteiger partial charge < -0.3 is 10.2 Å². The van der Waals surface area contributed by atoms with Crippen LogP contribution in [0.15, 0.2) is 60.7 Å². The van der Waals surface area contributed by atoms with Gasteiger partial charge in [0.2, 0.25) is 5.91 Å². The van der Waals surface area contributed by atoms with Gasteiger partial charge in [0.1, 0.15) is 5.82 Å². The van der Waals surface area contributed by atoms with E-state index < -0.39 is 0 Å². The topological polar surface area (TPSA) is 49.4 Å². The van der Waals surface area contributed by atoms with Crippen LogP contribution in [0, 0.1) is 18.7 Å². The van der Waals surface area contributed by atoms with Gasteiger partial charge in [-0.3, -0.25) is 9.59 Å². The summed E-state index contributed by atoms with van der Waals surface area (Å²) in [7, 11) is 0. The third-order valence-corrected chi connectivity index (χ3v) is 6.34. The monoisotopic (exact) mass is 422 g/mol. The lowest BCUT2D eigenvalue weighted by Crippen LogP contribution is -2.37. The van der Waals surface area contributed by atoms with E-state index in [-0.39, 0.29) is 23.5 Å². The largest absolute Gasteiger partial charge is 0.354 e. The van der Waals surface area contributed by atoms with E-state index in [2.05, 4.69) is 5.32 Å². The molecule has 4 nitrogen and oxygen atoms in total. The number of aryl methyl sites for hydroxylation is 1. The van der Waals surface area contributed by atoms with Crippen LogP contribution >= 0.6 is 11.3 Å². The Morgan fingerprint density at radius 1 is 1.13 bits per heavy atom. The summed E-state index contributed by atoms with van der Waals surface area (Å²) in [5.41, 5.74) is 2.34. The van der Waals surface area contributed by atoms with E-state index >= 15 is 0 Å². The first kappa shape index (κ1) is 20.3. The van der Waals surface area contributed by atoms with Crippen molar-refractivity contribution in [1.29, 1.82) is 0 Å². The van der Waals surface area contributed by atoms with E-state index in [0.717, 1.165) is 16.0 Å². The number of amides is 2. The Bertz CT molecular complexity index is 1060. The van der Waals surface area contributed by atoms with E-state index in [1.165, 1.54) is 17.4 Å². The first-order valence-corrected chi connectivity index (χ1v) is 10.8. The SMILES string of the molecule is Cc1ccc(C(=O)N2CCNC(=O)C(Cc3ccc(-c4ccccc4F)cc3)C2)s1. The molecular formula is C24H23FN2O2S. The number of carbonyl (C=O) groups excluding carboxylic acids is 2. The second kappa shape index (κ2) is 8.79. The predicted octanol–water partition coefficient (Wildman–Crippen LogP) is 4.29. The minimum absolute atomic E-state index is 0.0236. The average Bonchev–Trinajstić information content (AvgIpc) is 3.10. The molecule has 1 aromatic heterocycles. The van der Waals surface area contributed by atoms with Crippen LogP contribution in [0.4, 0.5) is 4.39 Å². The van der Waals surface area contributed by atoms with E-state index in [0.29, 0.717) is 36.5 Å². The van der Waals surface area contributed by atoms with Crippen molar-refractivity contribution in [3.63, 3.8) is 0 Å². The number of nitrogens with zero attached hydrogens (tertiary/aromatic N) is 1. The van der Waals surface area contributed by atoms with Gasteiger partial charge in [0, 0.05) is 30.1 Å². The number of benzene rings is 2. The fraction of sp³-hybridized carbons (Fsp3) is 0.250. The summed E-state index contributed by atoms with van der Waals surface area (Å²) >= 11 is 1.48. The van der Waals surface area contributed by atoms with Gasteiger partial charge in [0.25, 0.3) is 5.91 Å². The molecule has 30 heavy (non-hydrogen) atoms. The Balaban J connectivity index is 1.49. The van der Waals surface area contributed by atoms with Crippen LogP contribution in [-0.2, 0) is 11.2 Å². The van der Waals surface area contributed by atoms with Gasteiger partial charge in [-0.15, -0.1) is 11.3 Å². The molecule has 1 atom stereocenters. The number of nitrogens with one attached hydrogen (secondary N) is 1. The molecule has 1 fully saturated rings. The third kappa shape index (κ3) is 4.44. The molecule has 4 rings (SSSR count). The van der Waals surface area contributed by atoms with Crippen LogP contribution in [0.25, 0.3) is 11.1 Å². The van der Waals surface area contributed by atoms with Crippen LogP contribution in [0.1, 0.15) is 20.1 Å². The maximum Gasteiger partial charge on any atom is 0.264 e. The Labute approximate surface area is 179 Å². The molecule has 0 saturated carbocycles. The number of carbonyl (C=O) groups is 2. The van der Waals surface area contributed by atoms with E-state index in [1.807, 2.05) is 49.4 Å². The van der Waals surface area contributed by atoms with E-state index in [1.54, 1.807) is 17.0 Å². The highest BCUT2D eigenvalue weighted by atomic mass is 32.1. The standard InChI is InChI=1S/C24H23FN2O2S/c1-16-6-11-22(30-16)24(29)27-13-12-26-23(28)19(15-27)14-17-7-9-18(10-8-17)20-4-2-3-5-21(20)25/h2-11,19H,12-15H2,1H3,(H,26,28). The molecule has 154 valence electrons. The number of rotatable bonds is 4. The fourth-order valence-corrected chi connectivity index (χ4v) is 4.58. The zero-order valence-electron chi connectivity index (χ0n) is 16.7. The van der Waals surface area contributed by atoms with Crippen LogP contribution < -0.4 is 5.32 Å². The molecule has 3 aromatic rings. The molecule has 1 saturated heterocycles. The van der Waals surface area contributed by atoms with Crippen molar-refractivity contribution < 1.29 is 14.0 Å². The summed E-state index contributed by atoms with van der Waals surface area (Å²) in [4.78, 5) is 29.0. The normalized spacial score (nSPS) is 16.8. The van der Waals surface area contributed by atoms with Crippen molar-refractivity contribution in [3.8, 4) is 11.1 Å². The van der Waals surface area contributed by atoms with Crippen molar-refractivity contribution >= 4 is 23.2 Å². The quantitative estimate of drug-likeness (QED) is 0.682. The molecule has 1 unspecified atom stereocenters. The Hall–Kier alpha value is -2.99. The number of thiophene rings is 1. The summed E-state index contributed by atoms with van der Waals surface area (Å²) < 4.78 is 14.0. The van der Waals surface area contributed by atoms with Crippen molar-refractivity contribution in [2.24, 2.45) is 5.92 Å². The lowest BCUT2D eigenvalue weighted by atomic mass is 9.96. The minimum atomic E-state index is -0.322. The van der Waals surface area contributed by atoms with Gasteiger partial charge in [0.15, 0.2) is 0 Å². The number of hydrogen-bond acceptors (Lipinski definition) is 3. The third-order valence-electron chi connectivity index (χ3n) is 5.35. The van der Waals surface area contributed by atoms with Gasteiger partial charge in [0.05, 0.1) is 10.8 Å². The summed E-state index contributed by atoms with van der Waals surface area (Å²) in [6.45, 7) is 3.32. The minimum Gasteiger partial charge on any atom is -0.354 e. The first-order valence-electron chi connectivity index (χ1n) is 9.98. The van der Waals surface area contributed by atoms with Gasteiger partial charge >= 0.3 is 0 Å². The van der Waals surface area contributed by atoms with Crippen LogP contribution in [0.2, 0.25) is 0 Å². The Morgan fingerprint density at radius 2 is 1.90 bits per heavy atom. The van der Waals surface area contributed by atoms with Crippen molar-refractivity contribution in [3.05, 3.63) is 81.8 Å². The maximum absolute atomic E-state index is 14.0. The molecule has 0 radical (unpaired) electrons. The molecular weight excluding hydrogens is 399 g/mol. The maximum atomic E-state index is 14.0. The molecule has 1 aliphatic heterocycles. The Kier molecular flexibility index (Phi) is 5.95. The number of hydrogen-bond donors (Lipinski definition) is 1. The average molecular weight is 423 g/mol. The van der Waals surface area contributed by atoms with E-state index in [4.69, 9.17) is 0 Å². The highest BCUT2D eigenvalue weighted by Crippen LogP contribution is 2.24. The summed E-state index contributed by atoms with van der Waals surface area (Å²) in [5, 5.41) is 2.92. The summed E-state index contributed by atoms with van der Waals surface area (Å²) in [6, 6.07) is 18.1. The zero-order chi connectivity index (χ0) is 21.1. The molecule has 2 aromatic carbocycles. The predicted molar refractivity (Wildman–Crippen MR) is 117 cm³/mol. The molecule has 6 heteroatoms. The molecule has 2 heterocycles. The smallest absolute Gasteiger partial charge is 0.264 e. The highest BCUT2D eigenvalue weighted by molar-refractivity contribution is 7.13. The molecule has 1 N–H and O–H groups in total. The van der Waals surface area contributed by atoms with Gasteiger partial charge in [-0.1, -0.05) is 42.5 Å². The van der Waals surface area contributed by atoms with Crippen molar-refractivity contribution in [1.82, 2.24) is 10.2 Å². The molecule has 0 bridgehead atoms. The molecule has 0 aliphatic carbocycles. The molecule has 1 aliphatic rings. The van der Waals surface area contributed by atoms with Crippen LogP contribution in [0.3, 0.4) is 0 Å². The highest BCUT2D eigenvalue weighted by Gasteiger charge is 2.28. The van der Waals surface area contributed by atoms with Crippen LogP contribution in [0.5, 0.6) is 0 Å². The Morgan fingerprint density at radius 3 is 2.60 bits per heavy atom. The van der Waals surface area contributed by atoms with E-state index in [9.17, 15) is 14.0 Å². The van der Waals surface area contributed by atoms with Crippen molar-refractivity contribution in [2.45, 2.75) is 13.3 Å². The lowest BCUT2D eigenvalue weighted by Gasteiger charge is -2.22. The molecule has 2 amide bonds. The zero-order valence-corrected chi connectivity index (χ0v) is 17.5. The van der Waals surface area contributed by atoms with Crippen LogP contribution in [-0.4, -0.2) is 36.3 Å². The van der Waals surface area contributed by atoms with Gasteiger partial charge in [-0.2, -0.15) is 0 Å². The fourth-order valence-electron chi connectivity index (χ4n) is 3.75. The van der Waals surface area contributed by atoms with Gasteiger partial charge in [-0.05, 0) is 42.7 Å². The van der Waals surface area contributed by atoms with Crippen molar-refractivity contribution in [2.75, 3.05) is 19.6 Å². The first-order chi connectivity index (χ1) is 14.5. The lowest BCUT2D eigenvalue weighted by molar-refractivity contribution is -0.124. The second-order valence-corrected chi connectivity index (χ2v) is 8.82. The number of halogens is 1. The van der Waals surface area contributed by atoms with Gasteiger partial charge in [-0.25, -0.2) is 4.39 Å².